The molecule has 2 aliphatic heterocycles. The second-order valence-electron chi connectivity index (χ2n) is 7.46. The molecule has 2 aromatic carbocycles. The number of hydrogen-bond acceptors (Lipinski definition) is 4. The summed E-state index contributed by atoms with van der Waals surface area (Å²) < 4.78 is 0. The van der Waals surface area contributed by atoms with Gasteiger partial charge in [-0.15, -0.1) is 0 Å². The summed E-state index contributed by atoms with van der Waals surface area (Å²) in [4.78, 5) is 41.4. The second kappa shape index (κ2) is 8.32. The summed E-state index contributed by atoms with van der Waals surface area (Å²) in [5, 5.41) is 3.17. The molecule has 0 bridgehead atoms. The predicted molar refractivity (Wildman–Crippen MR) is 117 cm³/mol. The van der Waals surface area contributed by atoms with Crippen LogP contribution in [0.1, 0.15) is 31.7 Å². The average Bonchev–Trinajstić information content (AvgIpc) is 2.99. The Morgan fingerprint density at radius 1 is 0.967 bits per heavy atom. The number of likely N-dealkylation sites (tertiary alicyclic amines) is 1. The third-order valence-electron chi connectivity index (χ3n) is 5.29. The minimum absolute atomic E-state index is 0.171. The van der Waals surface area contributed by atoms with Crippen molar-refractivity contribution in [2.45, 2.75) is 26.2 Å². The van der Waals surface area contributed by atoms with Gasteiger partial charge in [-0.05, 0) is 55.2 Å². The number of nitrogens with zero attached hydrogens (tertiary/aromatic N) is 2. The minimum Gasteiger partial charge on any atom is -0.366 e. The molecule has 0 radical (unpaired) electrons. The molecule has 2 aromatic rings. The maximum Gasteiger partial charge on any atom is 0.282 e. The van der Waals surface area contributed by atoms with Crippen LogP contribution in [-0.4, -0.2) is 35.7 Å². The van der Waals surface area contributed by atoms with Gasteiger partial charge in [0.2, 0.25) is 5.91 Å². The quantitative estimate of drug-likeness (QED) is 0.752. The molecule has 1 N–H and O–H groups in total. The summed E-state index contributed by atoms with van der Waals surface area (Å²) >= 11 is 6.11. The van der Waals surface area contributed by atoms with E-state index in [4.69, 9.17) is 11.6 Å². The van der Waals surface area contributed by atoms with E-state index in [2.05, 4.69) is 5.32 Å². The average molecular weight is 424 g/mol. The van der Waals surface area contributed by atoms with E-state index in [9.17, 15) is 14.4 Å². The lowest BCUT2D eigenvalue weighted by Crippen LogP contribution is -2.37. The zero-order chi connectivity index (χ0) is 21.3. The highest BCUT2D eigenvalue weighted by molar-refractivity contribution is 6.45. The van der Waals surface area contributed by atoms with Crippen LogP contribution in [0.4, 0.5) is 11.4 Å². The van der Waals surface area contributed by atoms with Gasteiger partial charge in [0.15, 0.2) is 0 Å². The molecule has 3 amide bonds. The summed E-state index contributed by atoms with van der Waals surface area (Å²) in [5.41, 5.74) is 2.56. The Morgan fingerprint density at radius 3 is 2.30 bits per heavy atom. The first-order valence-electron chi connectivity index (χ1n) is 9.97. The van der Waals surface area contributed by atoms with Crippen LogP contribution < -0.4 is 10.2 Å². The molecular weight excluding hydrogens is 402 g/mol. The Balaban J connectivity index is 1.78. The van der Waals surface area contributed by atoms with E-state index in [1.807, 2.05) is 4.90 Å². The van der Waals surface area contributed by atoms with E-state index in [-0.39, 0.29) is 17.7 Å². The van der Waals surface area contributed by atoms with E-state index in [0.29, 0.717) is 33.2 Å². The fourth-order valence-electron chi connectivity index (χ4n) is 3.96. The van der Waals surface area contributed by atoms with E-state index in [1.54, 1.807) is 48.5 Å². The molecule has 1 saturated heterocycles. The molecule has 1 fully saturated rings. The highest BCUT2D eigenvalue weighted by Gasteiger charge is 2.42. The Bertz CT molecular complexity index is 1040. The van der Waals surface area contributed by atoms with Gasteiger partial charge in [0.25, 0.3) is 11.8 Å². The van der Waals surface area contributed by atoms with Crippen molar-refractivity contribution < 1.29 is 14.4 Å². The fourth-order valence-corrected chi connectivity index (χ4v) is 4.15. The van der Waals surface area contributed by atoms with Crippen LogP contribution >= 0.6 is 11.6 Å². The summed E-state index contributed by atoms with van der Waals surface area (Å²) in [7, 11) is 0. The third-order valence-corrected chi connectivity index (χ3v) is 5.53. The minimum atomic E-state index is -0.366. The van der Waals surface area contributed by atoms with Crippen molar-refractivity contribution in [3.8, 4) is 0 Å². The lowest BCUT2D eigenvalue weighted by atomic mass is 10.0. The van der Waals surface area contributed by atoms with Crippen molar-refractivity contribution in [1.29, 1.82) is 0 Å². The van der Waals surface area contributed by atoms with Gasteiger partial charge < -0.3 is 10.2 Å². The molecule has 2 aliphatic rings. The molecule has 6 nitrogen and oxygen atoms in total. The van der Waals surface area contributed by atoms with Crippen molar-refractivity contribution in [2.75, 3.05) is 23.3 Å². The summed E-state index contributed by atoms with van der Waals surface area (Å²) in [6.45, 7) is 2.92. The second-order valence-corrected chi connectivity index (χ2v) is 7.89. The molecule has 0 aliphatic carbocycles. The molecule has 0 aromatic heterocycles. The van der Waals surface area contributed by atoms with E-state index < -0.39 is 0 Å². The number of piperidine rings is 1. The summed E-state index contributed by atoms with van der Waals surface area (Å²) in [6, 6.07) is 13.7. The third kappa shape index (κ3) is 3.83. The number of carbonyl (C=O) groups is 3. The van der Waals surface area contributed by atoms with Crippen LogP contribution in [0.3, 0.4) is 0 Å². The molecule has 154 valence electrons. The van der Waals surface area contributed by atoms with Crippen molar-refractivity contribution in [3.05, 3.63) is 64.8 Å². The number of rotatable bonds is 4. The number of benzene rings is 2. The topological polar surface area (TPSA) is 69.7 Å². The normalized spacial score (nSPS) is 17.0. The van der Waals surface area contributed by atoms with Gasteiger partial charge in [-0.25, -0.2) is 4.90 Å². The molecular formula is C23H22ClN3O3. The first kappa shape index (κ1) is 20.2. The lowest BCUT2D eigenvalue weighted by Gasteiger charge is -2.29. The Kier molecular flexibility index (Phi) is 5.59. The van der Waals surface area contributed by atoms with Crippen molar-refractivity contribution in [1.82, 2.24) is 4.90 Å². The van der Waals surface area contributed by atoms with Gasteiger partial charge >= 0.3 is 0 Å². The van der Waals surface area contributed by atoms with Gasteiger partial charge in [0.1, 0.15) is 5.70 Å². The van der Waals surface area contributed by atoms with Crippen LogP contribution in [-0.2, 0) is 14.4 Å². The lowest BCUT2D eigenvalue weighted by molar-refractivity contribution is -0.121. The molecule has 0 unspecified atom stereocenters. The largest absolute Gasteiger partial charge is 0.366 e. The van der Waals surface area contributed by atoms with Crippen LogP contribution in [0, 0.1) is 0 Å². The fraction of sp³-hybridized carbons (Fsp3) is 0.261. The number of amides is 3. The van der Waals surface area contributed by atoms with Crippen LogP contribution in [0.2, 0.25) is 5.02 Å². The molecule has 4 rings (SSSR count). The van der Waals surface area contributed by atoms with Gasteiger partial charge in [-0.1, -0.05) is 29.8 Å². The molecule has 30 heavy (non-hydrogen) atoms. The Labute approximate surface area is 180 Å². The molecule has 2 heterocycles. The smallest absolute Gasteiger partial charge is 0.282 e. The first-order chi connectivity index (χ1) is 14.5. The number of halogens is 1. The summed E-state index contributed by atoms with van der Waals surface area (Å²) in [5.74, 6) is -0.865. The number of anilines is 2. The van der Waals surface area contributed by atoms with Gasteiger partial charge in [0.05, 0.1) is 11.3 Å². The molecule has 0 spiro atoms. The van der Waals surface area contributed by atoms with E-state index >= 15 is 0 Å². The predicted octanol–water partition coefficient (Wildman–Crippen LogP) is 4.07. The van der Waals surface area contributed by atoms with Gasteiger partial charge in [0, 0.05) is 30.7 Å². The van der Waals surface area contributed by atoms with E-state index in [1.165, 1.54) is 11.8 Å². The number of carbonyl (C=O) groups excluding carboxylic acids is 3. The maximum atomic E-state index is 13.5. The van der Waals surface area contributed by atoms with Crippen LogP contribution in [0.15, 0.2) is 54.2 Å². The highest BCUT2D eigenvalue weighted by Crippen LogP contribution is 2.36. The molecule has 0 atom stereocenters. The molecule has 7 heteroatoms. The Hall–Kier alpha value is -3.12. The van der Waals surface area contributed by atoms with Crippen molar-refractivity contribution in [3.63, 3.8) is 0 Å². The number of nitrogens with one attached hydrogen (secondary N) is 1. The molecule has 0 saturated carbocycles. The Morgan fingerprint density at radius 2 is 1.67 bits per heavy atom. The van der Waals surface area contributed by atoms with E-state index in [0.717, 1.165) is 32.4 Å². The number of imide groups is 1. The van der Waals surface area contributed by atoms with Crippen molar-refractivity contribution in [2.24, 2.45) is 0 Å². The maximum absolute atomic E-state index is 13.5. The first-order valence-corrected chi connectivity index (χ1v) is 10.3. The van der Waals surface area contributed by atoms with Crippen LogP contribution in [0.25, 0.3) is 5.57 Å². The van der Waals surface area contributed by atoms with Crippen molar-refractivity contribution >= 4 is 46.3 Å². The summed E-state index contributed by atoms with van der Waals surface area (Å²) in [6.07, 6.45) is 3.08. The SMILES string of the molecule is CC(=O)Nc1ccc(C2=C(N3CCCCC3)C(=O)N(c3cccc(Cl)c3)C2=O)cc1. The zero-order valence-corrected chi connectivity index (χ0v) is 17.4. The highest BCUT2D eigenvalue weighted by atomic mass is 35.5. The standard InChI is InChI=1S/C23H22ClN3O3/c1-15(28)25-18-10-8-16(9-11-18)20-21(26-12-3-2-4-13-26)23(30)27(22(20)29)19-7-5-6-17(24)14-19/h5-11,14H,2-4,12-13H2,1H3,(H,25,28). The monoisotopic (exact) mass is 423 g/mol. The van der Waals surface area contributed by atoms with Gasteiger partial charge in [-0.3, -0.25) is 14.4 Å². The number of hydrogen-bond donors (Lipinski definition) is 1. The zero-order valence-electron chi connectivity index (χ0n) is 16.7. The van der Waals surface area contributed by atoms with Crippen LogP contribution in [0.5, 0.6) is 0 Å². The van der Waals surface area contributed by atoms with Gasteiger partial charge in [-0.2, -0.15) is 0 Å².